The summed E-state index contributed by atoms with van der Waals surface area (Å²) in [6, 6.07) is -7.71. The van der Waals surface area contributed by atoms with Crippen molar-refractivity contribution in [1.82, 2.24) is 10.6 Å². The van der Waals surface area contributed by atoms with Crippen molar-refractivity contribution in [3.63, 3.8) is 0 Å². The molecule has 0 heterocycles. The van der Waals surface area contributed by atoms with Crippen LogP contribution in [0.5, 0.6) is 0 Å². The van der Waals surface area contributed by atoms with Crippen LogP contribution in [0.25, 0.3) is 0 Å². The summed E-state index contributed by atoms with van der Waals surface area (Å²) >= 11 is 0. The molecule has 0 radical (unpaired) electrons. The molecule has 0 saturated carbocycles. The van der Waals surface area contributed by atoms with Gasteiger partial charge in [0.15, 0.2) is 0 Å². The first-order valence-corrected chi connectivity index (χ1v) is 8.75. The average Bonchev–Trinajstić information content (AvgIpc) is 2.66. The van der Waals surface area contributed by atoms with Crippen molar-refractivity contribution in [2.24, 2.45) is 0 Å². The van der Waals surface area contributed by atoms with Crippen LogP contribution in [-0.2, 0) is 38.4 Å². The molecule has 192 valence electrons. The molecule has 0 aliphatic rings. The van der Waals surface area contributed by atoms with Crippen molar-refractivity contribution >= 4 is 47.8 Å². The van der Waals surface area contributed by atoms with E-state index in [4.69, 9.17) is 20.4 Å². The maximum Gasteiger partial charge on any atom is 1.00 e. The Balaban J connectivity index is -0.000000122. The maximum absolute atomic E-state index is 10.5. The Morgan fingerprint density at radius 3 is 0.842 bits per heavy atom. The van der Waals surface area contributed by atoms with Crippen molar-refractivity contribution < 1.29 is 197 Å². The van der Waals surface area contributed by atoms with E-state index in [0.717, 1.165) is 0 Å². The number of carboxylic acids is 8. The number of nitrogens with one attached hydrogen (secondary N) is 2. The van der Waals surface area contributed by atoms with E-state index in [2.05, 4.69) is 0 Å². The largest absolute Gasteiger partial charge is 1.00 e. The van der Waals surface area contributed by atoms with Gasteiger partial charge in [0.2, 0.25) is 12.1 Å². The minimum absolute atomic E-state index is 0. The molecule has 2 unspecified atom stereocenters. The van der Waals surface area contributed by atoms with Gasteiger partial charge in [0.05, 0.1) is 11.9 Å². The molecule has 0 rings (SSSR count). The minimum atomic E-state index is -2.15. The molecule has 6 N–H and O–H groups in total. The van der Waals surface area contributed by atoms with E-state index in [0.29, 0.717) is 0 Å². The van der Waals surface area contributed by atoms with E-state index < -0.39 is 97.6 Å². The number of hydrogen-bond acceptors (Lipinski definition) is 14. The van der Waals surface area contributed by atoms with Crippen LogP contribution >= 0.6 is 0 Å². The van der Waals surface area contributed by atoms with Crippen molar-refractivity contribution in [2.45, 2.75) is 49.9 Å². The smallest absolute Gasteiger partial charge is 0.550 e. The van der Waals surface area contributed by atoms with Gasteiger partial charge in [-0.3, -0.25) is 10.6 Å². The summed E-state index contributed by atoms with van der Waals surface area (Å²) < 4.78 is 0. The van der Waals surface area contributed by atoms with Crippen LogP contribution in [0.4, 0.5) is 0 Å². The van der Waals surface area contributed by atoms with Gasteiger partial charge in [-0.15, -0.1) is 0 Å². The summed E-state index contributed by atoms with van der Waals surface area (Å²) in [7, 11) is 0. The Hall–Kier alpha value is -0.320. The quantitative estimate of drug-likeness (QED) is 0.0722. The molecule has 0 aromatic heterocycles. The standard InChI is InChI=1S/2C8H11NO8.4Na/c2*10-4(11)2-1-3(6(12)13)9-5(7(14)15)8(16)17;;;;/h2*3,5,9H,1-2H2,(H,10,11)(H,12,13)(H,14,15)(H,16,17);;;;/q;;4*+1/p-4. The second-order valence-corrected chi connectivity index (χ2v) is 6.12. The van der Waals surface area contributed by atoms with E-state index in [9.17, 15) is 58.8 Å². The first-order chi connectivity index (χ1) is 15.5. The molecule has 0 fully saturated rings. The summed E-state index contributed by atoms with van der Waals surface area (Å²) in [4.78, 5) is 83.0. The van der Waals surface area contributed by atoms with Crippen LogP contribution in [0.15, 0.2) is 0 Å². The van der Waals surface area contributed by atoms with Crippen molar-refractivity contribution in [2.75, 3.05) is 0 Å². The minimum Gasteiger partial charge on any atom is -0.550 e. The second-order valence-electron chi connectivity index (χ2n) is 6.12. The molecule has 38 heavy (non-hydrogen) atoms. The molecule has 0 saturated heterocycles. The van der Waals surface area contributed by atoms with Gasteiger partial charge in [-0.1, -0.05) is 0 Å². The van der Waals surface area contributed by atoms with Gasteiger partial charge in [-0.05, 0) is 25.7 Å². The van der Waals surface area contributed by atoms with Gasteiger partial charge < -0.3 is 60.0 Å². The Bertz CT molecular complexity index is 733. The van der Waals surface area contributed by atoms with Gasteiger partial charge in [0.25, 0.3) is 0 Å². The fourth-order valence-electron chi connectivity index (χ4n) is 1.96. The summed E-state index contributed by atoms with van der Waals surface area (Å²) in [5.74, 6) is -13.8. The van der Waals surface area contributed by atoms with Gasteiger partial charge in [0, 0.05) is 24.0 Å². The van der Waals surface area contributed by atoms with Gasteiger partial charge >= 0.3 is 142 Å². The summed E-state index contributed by atoms with van der Waals surface area (Å²) in [6.45, 7) is 0. The zero-order valence-electron chi connectivity index (χ0n) is 20.8. The van der Waals surface area contributed by atoms with Crippen LogP contribution in [0.1, 0.15) is 25.7 Å². The van der Waals surface area contributed by atoms with Crippen molar-refractivity contribution in [1.29, 1.82) is 0 Å². The number of carboxylic acid groups (broad SMARTS) is 8. The molecule has 0 amide bonds. The normalized spacial score (nSPS) is 10.8. The Morgan fingerprint density at radius 1 is 0.500 bits per heavy atom. The van der Waals surface area contributed by atoms with Crippen molar-refractivity contribution in [3.05, 3.63) is 0 Å². The topological polar surface area (TPSA) is 334 Å². The fraction of sp³-hybridized carbons (Fsp3) is 0.500. The summed E-state index contributed by atoms with van der Waals surface area (Å²) in [5.41, 5.74) is 0. The van der Waals surface area contributed by atoms with Gasteiger partial charge in [0.1, 0.15) is 0 Å². The molecule has 18 nitrogen and oxygen atoms in total. The third-order valence-corrected chi connectivity index (χ3v) is 3.57. The summed E-state index contributed by atoms with van der Waals surface area (Å²) in [6.07, 6.45) is -2.42. The maximum atomic E-state index is 10.5. The molecule has 2 atom stereocenters. The van der Waals surface area contributed by atoms with E-state index in [1.54, 1.807) is 10.6 Å². The number of rotatable bonds is 16. The first kappa shape index (κ1) is 50.5. The molecule has 22 heteroatoms. The Labute approximate surface area is 302 Å². The molecule has 0 aromatic carbocycles. The third-order valence-electron chi connectivity index (χ3n) is 3.57. The number of carbonyl (C=O) groups excluding carboxylic acids is 4. The first-order valence-electron chi connectivity index (χ1n) is 8.75. The molecule has 0 bridgehead atoms. The van der Waals surface area contributed by atoms with Crippen LogP contribution < -0.4 is 149 Å². The molecular formula is C16H18N2Na4O16. The van der Waals surface area contributed by atoms with E-state index in [1.165, 1.54) is 0 Å². The average molecular weight is 586 g/mol. The third kappa shape index (κ3) is 24.7. The van der Waals surface area contributed by atoms with E-state index >= 15 is 0 Å². The second kappa shape index (κ2) is 26.9. The van der Waals surface area contributed by atoms with E-state index in [-0.39, 0.29) is 118 Å². The number of aliphatic carboxylic acids is 8. The number of hydrogen-bond donors (Lipinski definition) is 6. The number of carbonyl (C=O) groups is 8. The zero-order valence-corrected chi connectivity index (χ0v) is 28.8. The monoisotopic (exact) mass is 586 g/mol. The van der Waals surface area contributed by atoms with Crippen LogP contribution in [0, 0.1) is 0 Å². The molecule has 0 aliphatic carbocycles. The van der Waals surface area contributed by atoms with Gasteiger partial charge in [-0.2, -0.15) is 0 Å². The Morgan fingerprint density at radius 2 is 0.711 bits per heavy atom. The van der Waals surface area contributed by atoms with Crippen LogP contribution in [0.3, 0.4) is 0 Å². The summed E-state index contributed by atoms with van der Waals surface area (Å²) in [5, 5.41) is 78.6. The molecule has 0 aromatic rings. The van der Waals surface area contributed by atoms with Crippen molar-refractivity contribution in [3.8, 4) is 0 Å². The predicted octanol–water partition coefficient (Wildman–Crippen LogP) is -20.5. The van der Waals surface area contributed by atoms with Crippen LogP contribution in [0.2, 0.25) is 0 Å². The molecular weight excluding hydrogens is 568 g/mol. The van der Waals surface area contributed by atoms with E-state index in [1.807, 2.05) is 0 Å². The molecule has 0 spiro atoms. The zero-order chi connectivity index (χ0) is 27.2. The van der Waals surface area contributed by atoms with Gasteiger partial charge in [-0.25, -0.2) is 19.2 Å². The fourth-order valence-corrected chi connectivity index (χ4v) is 1.96. The predicted molar refractivity (Wildman–Crippen MR) is 90.5 cm³/mol. The van der Waals surface area contributed by atoms with Crippen LogP contribution in [-0.4, -0.2) is 92.3 Å². The Kier molecular flexibility index (Phi) is 35.7. The molecule has 0 aliphatic heterocycles. The SMILES string of the molecule is O=C([O-])CCC(NC(C(=O)O)C(=O)O)C(=O)[O-].O=C([O-])CCC(NC(C(=O)O)C(=O)O)C(=O)[O-].[Na+].[Na+].[Na+].[Na+].